The molecule has 19 heavy (non-hydrogen) atoms. The lowest BCUT2D eigenvalue weighted by Gasteiger charge is -2.47. The molecule has 1 aromatic rings. The molecule has 104 valence electrons. The molecule has 0 bridgehead atoms. The van der Waals surface area contributed by atoms with Gasteiger partial charge in [-0.1, -0.05) is 15.9 Å². The molecule has 4 nitrogen and oxygen atoms in total. The minimum atomic E-state index is -0.304. The van der Waals surface area contributed by atoms with Crippen molar-refractivity contribution in [2.75, 3.05) is 25.1 Å². The Labute approximate surface area is 122 Å². The Bertz CT molecular complexity index is 459. The average molecular weight is 327 g/mol. The number of benzene rings is 1. The normalized spacial score (nSPS) is 27.2. The highest BCUT2D eigenvalue weighted by molar-refractivity contribution is 9.10. The van der Waals surface area contributed by atoms with Gasteiger partial charge in [-0.25, -0.2) is 4.79 Å². The van der Waals surface area contributed by atoms with Gasteiger partial charge in [0, 0.05) is 24.8 Å². The van der Waals surface area contributed by atoms with Crippen molar-refractivity contribution in [1.82, 2.24) is 5.32 Å². The van der Waals surface area contributed by atoms with Gasteiger partial charge in [0.1, 0.15) is 4.45 Å². The highest BCUT2D eigenvalue weighted by atomic mass is 79.9. The molecule has 0 aliphatic carbocycles. The summed E-state index contributed by atoms with van der Waals surface area (Å²) in [5.74, 6) is -0.304. The molecule has 0 radical (unpaired) electrons. The molecule has 2 rings (SSSR count). The first kappa shape index (κ1) is 14.3. The van der Waals surface area contributed by atoms with Gasteiger partial charge in [-0.15, -0.1) is 0 Å². The van der Waals surface area contributed by atoms with Crippen LogP contribution in [0, 0.1) is 0 Å². The molecule has 0 amide bonds. The van der Waals surface area contributed by atoms with Crippen molar-refractivity contribution in [3.63, 3.8) is 0 Å². The van der Waals surface area contributed by atoms with Crippen molar-refractivity contribution in [1.29, 1.82) is 0 Å². The van der Waals surface area contributed by atoms with Crippen LogP contribution in [0.5, 0.6) is 0 Å². The van der Waals surface area contributed by atoms with Crippen molar-refractivity contribution in [3.05, 3.63) is 29.8 Å². The first-order chi connectivity index (χ1) is 8.95. The van der Waals surface area contributed by atoms with Crippen LogP contribution < -0.4 is 10.2 Å². The van der Waals surface area contributed by atoms with E-state index in [-0.39, 0.29) is 10.4 Å². The maximum absolute atomic E-state index is 11.4. The number of halogens is 1. The van der Waals surface area contributed by atoms with E-state index in [1.807, 2.05) is 12.1 Å². The third-order valence-corrected chi connectivity index (χ3v) is 4.06. The lowest BCUT2D eigenvalue weighted by Crippen LogP contribution is -2.60. The molecule has 5 heteroatoms. The van der Waals surface area contributed by atoms with Gasteiger partial charge >= 0.3 is 5.97 Å². The third-order valence-electron chi connectivity index (χ3n) is 3.40. The van der Waals surface area contributed by atoms with Crippen molar-refractivity contribution in [3.8, 4) is 0 Å². The minimum absolute atomic E-state index is 0.128. The number of ether oxygens (including phenoxy) is 1. The van der Waals surface area contributed by atoms with Crippen molar-refractivity contribution in [2.45, 2.75) is 24.3 Å². The quantitative estimate of drug-likeness (QED) is 0.514. The summed E-state index contributed by atoms with van der Waals surface area (Å²) < 4.78 is 4.58. The summed E-state index contributed by atoms with van der Waals surface area (Å²) >= 11 is 3.77. The van der Waals surface area contributed by atoms with Gasteiger partial charge in [0.25, 0.3) is 0 Å². The fraction of sp³-hybridized carbons (Fsp3) is 0.500. The number of carbonyl (C=O) groups excluding carboxylic acids is 1. The van der Waals surface area contributed by atoms with Crippen molar-refractivity contribution >= 4 is 27.6 Å². The Morgan fingerprint density at radius 3 is 2.63 bits per heavy atom. The van der Waals surface area contributed by atoms with Crippen LogP contribution in [0.4, 0.5) is 5.69 Å². The molecule has 0 aromatic heterocycles. The summed E-state index contributed by atoms with van der Waals surface area (Å²) in [6, 6.07) is 7.92. The Hall–Kier alpha value is -1.07. The third kappa shape index (κ3) is 2.92. The van der Waals surface area contributed by atoms with Crippen LogP contribution in [0.2, 0.25) is 0 Å². The monoisotopic (exact) mass is 326 g/mol. The van der Waals surface area contributed by atoms with E-state index in [1.54, 1.807) is 12.1 Å². The second kappa shape index (κ2) is 5.51. The molecule has 1 fully saturated rings. The molecule has 1 saturated heterocycles. The highest BCUT2D eigenvalue weighted by Gasteiger charge is 2.35. The molecule has 1 heterocycles. The van der Waals surface area contributed by atoms with Crippen molar-refractivity contribution < 1.29 is 9.53 Å². The SMILES string of the molecule is COC(=O)c1ccc(N2[C@H](C)CNC[C@]2(C)Br)cc1. The summed E-state index contributed by atoms with van der Waals surface area (Å²) in [5, 5.41) is 3.40. The minimum Gasteiger partial charge on any atom is -0.465 e. The molecular weight excluding hydrogens is 308 g/mol. The molecule has 1 aliphatic heterocycles. The van der Waals surface area contributed by atoms with E-state index in [9.17, 15) is 4.79 Å². The molecule has 1 aromatic carbocycles. The van der Waals surface area contributed by atoms with E-state index in [0.29, 0.717) is 11.6 Å². The second-order valence-corrected chi connectivity index (χ2v) is 6.74. The highest BCUT2D eigenvalue weighted by Crippen LogP contribution is 2.33. The van der Waals surface area contributed by atoms with Crippen LogP contribution in [-0.4, -0.2) is 36.7 Å². The Balaban J connectivity index is 2.27. The van der Waals surface area contributed by atoms with Gasteiger partial charge in [0.05, 0.1) is 12.7 Å². The van der Waals surface area contributed by atoms with E-state index in [4.69, 9.17) is 4.74 Å². The number of hydrogen-bond acceptors (Lipinski definition) is 4. The summed E-state index contributed by atoms with van der Waals surface area (Å²) in [4.78, 5) is 13.8. The van der Waals surface area contributed by atoms with Crippen LogP contribution in [-0.2, 0) is 4.74 Å². The van der Waals surface area contributed by atoms with E-state index in [2.05, 4.69) is 40.0 Å². The van der Waals surface area contributed by atoms with Gasteiger partial charge in [-0.05, 0) is 38.1 Å². The summed E-state index contributed by atoms with van der Waals surface area (Å²) in [5.41, 5.74) is 1.67. The van der Waals surface area contributed by atoms with Gasteiger partial charge < -0.3 is 15.0 Å². The van der Waals surface area contributed by atoms with E-state index >= 15 is 0 Å². The lowest BCUT2D eigenvalue weighted by molar-refractivity contribution is 0.0601. The summed E-state index contributed by atoms with van der Waals surface area (Å²) in [7, 11) is 1.39. The number of carbonyl (C=O) groups is 1. The number of nitrogens with one attached hydrogen (secondary N) is 1. The fourth-order valence-electron chi connectivity index (χ4n) is 2.54. The molecule has 1 aliphatic rings. The fourth-order valence-corrected chi connectivity index (χ4v) is 3.30. The Morgan fingerprint density at radius 2 is 2.11 bits per heavy atom. The number of anilines is 1. The van der Waals surface area contributed by atoms with Crippen LogP contribution >= 0.6 is 15.9 Å². The topological polar surface area (TPSA) is 41.6 Å². The molecule has 0 spiro atoms. The second-order valence-electron chi connectivity index (χ2n) is 5.03. The molecule has 1 N–H and O–H groups in total. The smallest absolute Gasteiger partial charge is 0.337 e. The van der Waals surface area contributed by atoms with Gasteiger partial charge in [-0.2, -0.15) is 0 Å². The van der Waals surface area contributed by atoms with Crippen LogP contribution in [0.3, 0.4) is 0 Å². The number of piperazine rings is 1. The van der Waals surface area contributed by atoms with E-state index in [1.165, 1.54) is 7.11 Å². The van der Waals surface area contributed by atoms with Gasteiger partial charge in [-0.3, -0.25) is 0 Å². The number of nitrogens with zero attached hydrogens (tertiary/aromatic N) is 1. The van der Waals surface area contributed by atoms with Gasteiger partial charge in [0.2, 0.25) is 0 Å². The predicted octanol–water partition coefficient (Wildman–Crippen LogP) is 2.38. The Morgan fingerprint density at radius 1 is 1.47 bits per heavy atom. The maximum atomic E-state index is 11.4. The first-order valence-corrected chi connectivity index (χ1v) is 7.12. The number of esters is 1. The van der Waals surface area contributed by atoms with E-state index < -0.39 is 0 Å². The number of methoxy groups -OCH3 is 1. The number of alkyl halides is 1. The lowest BCUT2D eigenvalue weighted by atomic mass is 10.1. The largest absolute Gasteiger partial charge is 0.465 e. The zero-order chi connectivity index (χ0) is 14.0. The van der Waals surface area contributed by atoms with E-state index in [0.717, 1.165) is 18.8 Å². The van der Waals surface area contributed by atoms with Crippen LogP contribution in [0.25, 0.3) is 0 Å². The zero-order valence-electron chi connectivity index (χ0n) is 11.4. The van der Waals surface area contributed by atoms with Crippen LogP contribution in [0.1, 0.15) is 24.2 Å². The zero-order valence-corrected chi connectivity index (χ0v) is 13.0. The number of rotatable bonds is 2. The first-order valence-electron chi connectivity index (χ1n) is 6.33. The predicted molar refractivity (Wildman–Crippen MR) is 79.9 cm³/mol. The standard InChI is InChI=1S/C14H19BrN2O2/c1-10-8-16-9-14(2,15)17(10)12-6-4-11(5-7-12)13(18)19-3/h4-7,10,16H,8-9H2,1-3H3/t10-,14-/m1/s1. The molecular formula is C14H19BrN2O2. The summed E-state index contributed by atoms with van der Waals surface area (Å²) in [6.45, 7) is 6.14. The van der Waals surface area contributed by atoms with Gasteiger partial charge in [0.15, 0.2) is 0 Å². The maximum Gasteiger partial charge on any atom is 0.337 e. The summed E-state index contributed by atoms with van der Waals surface area (Å²) in [6.07, 6.45) is 0. The van der Waals surface area contributed by atoms with Crippen molar-refractivity contribution in [2.24, 2.45) is 0 Å². The Kier molecular flexibility index (Phi) is 4.16. The average Bonchev–Trinajstić information content (AvgIpc) is 2.37. The number of hydrogen-bond donors (Lipinski definition) is 1. The molecule has 2 atom stereocenters. The molecule has 0 unspecified atom stereocenters. The molecule has 0 saturated carbocycles. The van der Waals surface area contributed by atoms with Crippen LogP contribution in [0.15, 0.2) is 24.3 Å².